The van der Waals surface area contributed by atoms with Crippen LogP contribution in [0.3, 0.4) is 0 Å². The summed E-state index contributed by atoms with van der Waals surface area (Å²) < 4.78 is 26.6. The number of halogens is 2. The largest absolute Gasteiger partial charge is 0.478 e. The number of carbonyl (C=O) groups excluding carboxylic acids is 2. The van der Waals surface area contributed by atoms with Crippen LogP contribution in [-0.4, -0.2) is 48.6 Å². The first kappa shape index (κ1) is 16.3. The van der Waals surface area contributed by atoms with Gasteiger partial charge in [0.15, 0.2) is 0 Å². The lowest BCUT2D eigenvalue weighted by Gasteiger charge is -2.12. The second-order valence-corrected chi connectivity index (χ2v) is 4.21. The van der Waals surface area contributed by atoms with Crippen LogP contribution in [0.15, 0.2) is 12.1 Å². The minimum atomic E-state index is -1.60. The highest BCUT2D eigenvalue weighted by Gasteiger charge is 2.17. The minimum absolute atomic E-state index is 0.326. The number of amides is 3. The summed E-state index contributed by atoms with van der Waals surface area (Å²) in [5.74, 6) is -4.38. The number of rotatable bonds is 4. The monoisotopic (exact) mass is 301 g/mol. The molecule has 1 aromatic carbocycles. The summed E-state index contributed by atoms with van der Waals surface area (Å²) in [6.45, 7) is -0.326. The van der Waals surface area contributed by atoms with Crippen molar-refractivity contribution < 1.29 is 28.3 Å². The summed E-state index contributed by atoms with van der Waals surface area (Å²) >= 11 is 0. The number of nitrogens with zero attached hydrogens (tertiary/aromatic N) is 1. The van der Waals surface area contributed by atoms with Gasteiger partial charge < -0.3 is 20.6 Å². The molecule has 3 amide bonds. The molecular formula is C12H13F2N3O4. The van der Waals surface area contributed by atoms with Gasteiger partial charge in [0.25, 0.3) is 0 Å². The molecule has 7 nitrogen and oxygen atoms in total. The van der Waals surface area contributed by atoms with E-state index in [-0.39, 0.29) is 6.54 Å². The van der Waals surface area contributed by atoms with E-state index in [9.17, 15) is 23.2 Å². The Kier molecular flexibility index (Phi) is 5.17. The summed E-state index contributed by atoms with van der Waals surface area (Å²) in [5.41, 5.74) is -1.29. The fraction of sp³-hybridized carbons (Fsp3) is 0.250. The molecule has 1 rings (SSSR count). The number of aromatic carboxylic acids is 1. The molecule has 0 radical (unpaired) electrons. The van der Waals surface area contributed by atoms with Gasteiger partial charge in [0.2, 0.25) is 5.91 Å². The Labute approximate surface area is 118 Å². The Balaban J connectivity index is 2.79. The van der Waals surface area contributed by atoms with Gasteiger partial charge in [-0.3, -0.25) is 4.79 Å². The maximum Gasteiger partial charge on any atom is 0.338 e. The van der Waals surface area contributed by atoms with Crippen LogP contribution < -0.4 is 10.6 Å². The molecule has 3 N–H and O–H groups in total. The van der Waals surface area contributed by atoms with Gasteiger partial charge in [-0.25, -0.2) is 18.4 Å². The smallest absolute Gasteiger partial charge is 0.338 e. The van der Waals surface area contributed by atoms with Gasteiger partial charge in [0.1, 0.15) is 11.6 Å². The van der Waals surface area contributed by atoms with Gasteiger partial charge in [-0.05, 0) is 6.07 Å². The topological polar surface area (TPSA) is 98.7 Å². The van der Waals surface area contributed by atoms with Gasteiger partial charge in [-0.1, -0.05) is 0 Å². The first-order valence-electron chi connectivity index (χ1n) is 5.69. The number of urea groups is 1. The molecule has 0 saturated heterocycles. The molecule has 0 fully saturated rings. The maximum atomic E-state index is 13.4. The molecule has 9 heteroatoms. The average molecular weight is 301 g/mol. The molecule has 0 aliphatic heterocycles. The molecule has 0 aromatic heterocycles. The van der Waals surface area contributed by atoms with Crippen molar-refractivity contribution in [2.24, 2.45) is 0 Å². The van der Waals surface area contributed by atoms with Gasteiger partial charge in [0.05, 0.1) is 17.8 Å². The lowest BCUT2D eigenvalue weighted by atomic mass is 10.2. The molecular weight excluding hydrogens is 288 g/mol. The van der Waals surface area contributed by atoms with E-state index in [0.717, 1.165) is 0 Å². The van der Waals surface area contributed by atoms with Gasteiger partial charge in [-0.2, -0.15) is 0 Å². The SMILES string of the molecule is CN(C)C(=O)CNC(=O)Nc1cc(C(=O)O)c(F)cc1F. The van der Waals surface area contributed by atoms with E-state index < -0.39 is 40.8 Å². The first-order valence-corrected chi connectivity index (χ1v) is 5.69. The standard InChI is InChI=1S/C12H13F2N3O4/c1-17(2)10(18)5-15-12(21)16-9-3-6(11(19)20)7(13)4-8(9)14/h3-4H,5H2,1-2H3,(H,19,20)(H2,15,16,21). The Morgan fingerprint density at radius 2 is 1.81 bits per heavy atom. The van der Waals surface area contributed by atoms with Crippen LogP contribution in [0.5, 0.6) is 0 Å². The summed E-state index contributed by atoms with van der Waals surface area (Å²) in [5, 5.41) is 12.9. The number of hydrogen-bond donors (Lipinski definition) is 3. The molecule has 0 aliphatic rings. The Morgan fingerprint density at radius 3 is 2.33 bits per heavy atom. The lowest BCUT2D eigenvalue weighted by molar-refractivity contribution is -0.127. The third kappa shape index (κ3) is 4.41. The number of carboxylic acids is 1. The van der Waals surface area contributed by atoms with Crippen molar-refractivity contribution in [3.8, 4) is 0 Å². The molecule has 0 atom stereocenters. The zero-order chi connectivity index (χ0) is 16.2. The highest BCUT2D eigenvalue weighted by Crippen LogP contribution is 2.19. The van der Waals surface area contributed by atoms with E-state index in [0.29, 0.717) is 12.1 Å². The van der Waals surface area contributed by atoms with Crippen LogP contribution in [-0.2, 0) is 4.79 Å². The second kappa shape index (κ2) is 6.64. The van der Waals surface area contributed by atoms with E-state index in [1.165, 1.54) is 19.0 Å². The number of hydrogen-bond acceptors (Lipinski definition) is 3. The Morgan fingerprint density at radius 1 is 1.19 bits per heavy atom. The van der Waals surface area contributed by atoms with Crippen molar-refractivity contribution in [1.29, 1.82) is 0 Å². The van der Waals surface area contributed by atoms with E-state index >= 15 is 0 Å². The molecule has 21 heavy (non-hydrogen) atoms. The van der Waals surface area contributed by atoms with Crippen molar-refractivity contribution in [2.45, 2.75) is 0 Å². The average Bonchev–Trinajstić information content (AvgIpc) is 2.38. The van der Waals surface area contributed by atoms with Crippen LogP contribution in [0.1, 0.15) is 10.4 Å². The number of carboxylic acid groups (broad SMARTS) is 1. The zero-order valence-corrected chi connectivity index (χ0v) is 11.2. The van der Waals surface area contributed by atoms with Crippen LogP contribution in [0.2, 0.25) is 0 Å². The molecule has 0 unspecified atom stereocenters. The zero-order valence-electron chi connectivity index (χ0n) is 11.2. The molecule has 0 heterocycles. The van der Waals surface area contributed by atoms with Crippen LogP contribution in [0.4, 0.5) is 19.3 Å². The number of anilines is 1. The predicted molar refractivity (Wildman–Crippen MR) is 69.0 cm³/mol. The van der Waals surface area contributed by atoms with Gasteiger partial charge in [-0.15, -0.1) is 0 Å². The summed E-state index contributed by atoms with van der Waals surface area (Å²) in [4.78, 5) is 34.7. The highest BCUT2D eigenvalue weighted by atomic mass is 19.1. The summed E-state index contributed by atoms with van der Waals surface area (Å²) in [7, 11) is 2.97. The van der Waals surface area contributed by atoms with E-state index in [4.69, 9.17) is 5.11 Å². The van der Waals surface area contributed by atoms with E-state index in [1.807, 2.05) is 5.32 Å². The third-order valence-corrected chi connectivity index (χ3v) is 2.43. The third-order valence-electron chi connectivity index (χ3n) is 2.43. The molecule has 1 aromatic rings. The number of likely N-dealkylation sites (N-methyl/N-ethyl adjacent to an activating group) is 1. The van der Waals surface area contributed by atoms with Crippen LogP contribution >= 0.6 is 0 Å². The number of benzene rings is 1. The van der Waals surface area contributed by atoms with Crippen molar-refractivity contribution in [3.05, 3.63) is 29.3 Å². The molecule has 114 valence electrons. The highest BCUT2D eigenvalue weighted by molar-refractivity contribution is 5.94. The predicted octanol–water partition coefficient (Wildman–Crippen LogP) is 0.873. The van der Waals surface area contributed by atoms with Crippen LogP contribution in [0.25, 0.3) is 0 Å². The fourth-order valence-electron chi connectivity index (χ4n) is 1.29. The maximum absolute atomic E-state index is 13.4. The molecule has 0 bridgehead atoms. The van der Waals surface area contributed by atoms with E-state index in [2.05, 4.69) is 5.32 Å². The van der Waals surface area contributed by atoms with Crippen LogP contribution in [0, 0.1) is 11.6 Å². The van der Waals surface area contributed by atoms with Crippen molar-refractivity contribution in [1.82, 2.24) is 10.2 Å². The number of carbonyl (C=O) groups is 3. The summed E-state index contributed by atoms with van der Waals surface area (Å²) in [6, 6.07) is 0.0803. The summed E-state index contributed by atoms with van der Waals surface area (Å²) in [6.07, 6.45) is 0. The molecule has 0 aliphatic carbocycles. The Bertz CT molecular complexity index is 590. The van der Waals surface area contributed by atoms with Gasteiger partial charge >= 0.3 is 12.0 Å². The van der Waals surface area contributed by atoms with Crippen molar-refractivity contribution >= 4 is 23.6 Å². The molecule has 0 spiro atoms. The minimum Gasteiger partial charge on any atom is -0.478 e. The van der Waals surface area contributed by atoms with Gasteiger partial charge in [0, 0.05) is 20.2 Å². The first-order chi connectivity index (χ1) is 9.72. The normalized spacial score (nSPS) is 9.90. The second-order valence-electron chi connectivity index (χ2n) is 4.21. The lowest BCUT2D eigenvalue weighted by Crippen LogP contribution is -2.38. The quantitative estimate of drug-likeness (QED) is 0.768. The van der Waals surface area contributed by atoms with Crippen molar-refractivity contribution in [2.75, 3.05) is 26.0 Å². The van der Waals surface area contributed by atoms with E-state index in [1.54, 1.807) is 0 Å². The van der Waals surface area contributed by atoms with Crippen molar-refractivity contribution in [3.63, 3.8) is 0 Å². The Hall–Kier alpha value is -2.71. The molecule has 0 saturated carbocycles. The number of nitrogens with one attached hydrogen (secondary N) is 2. The fourth-order valence-corrected chi connectivity index (χ4v) is 1.29.